The molecule has 3 N–H and O–H groups in total. The van der Waals surface area contributed by atoms with E-state index in [0.717, 1.165) is 16.5 Å². The topological polar surface area (TPSA) is 77.5 Å². The molecule has 20 heavy (non-hydrogen) atoms. The van der Waals surface area contributed by atoms with Gasteiger partial charge in [-0.15, -0.1) is 0 Å². The third-order valence-electron chi connectivity index (χ3n) is 2.96. The average molecular weight is 287 g/mol. The number of H-pyrrole nitrogens is 1. The molecule has 0 atom stereocenters. The van der Waals surface area contributed by atoms with Gasteiger partial charge in [-0.05, 0) is 17.0 Å². The summed E-state index contributed by atoms with van der Waals surface area (Å²) in [6.07, 6.45) is 1.96. The molecule has 0 saturated heterocycles. The minimum atomic E-state index is -0.412. The molecule has 2 rings (SSSR count). The summed E-state index contributed by atoms with van der Waals surface area (Å²) < 4.78 is 0. The molecule has 2 radical (unpaired) electrons. The van der Waals surface area contributed by atoms with E-state index < -0.39 is 5.91 Å². The van der Waals surface area contributed by atoms with Gasteiger partial charge >= 0.3 is 0 Å². The first-order valence-electron chi connectivity index (χ1n) is 6.11. The first-order chi connectivity index (χ1) is 9.67. The molecule has 0 fully saturated rings. The smallest absolute Gasteiger partial charge is 0.269 e. The maximum Gasteiger partial charge on any atom is 0.269 e. The molecule has 0 spiro atoms. The van der Waals surface area contributed by atoms with Crippen LogP contribution in [0.4, 0.5) is 0 Å². The van der Waals surface area contributed by atoms with E-state index in [9.17, 15) is 4.79 Å². The summed E-state index contributed by atoms with van der Waals surface area (Å²) in [6.45, 7) is 0.414. The van der Waals surface area contributed by atoms with Crippen LogP contribution in [0.3, 0.4) is 0 Å². The minimum absolute atomic E-state index is 0.0379. The monoisotopic (exact) mass is 287 g/mol. The third kappa shape index (κ3) is 2.99. The number of rotatable bonds is 5. The molecule has 1 heterocycles. The third-order valence-corrected chi connectivity index (χ3v) is 3.18. The number of thiol groups is 1. The first kappa shape index (κ1) is 14.5. The van der Waals surface area contributed by atoms with Gasteiger partial charge in [-0.3, -0.25) is 4.79 Å². The molecule has 0 unspecified atom stereocenters. The Labute approximate surface area is 123 Å². The maximum atomic E-state index is 11.8. The molecule has 1 aromatic carbocycles. The predicted molar refractivity (Wildman–Crippen MR) is 83.5 cm³/mol. The van der Waals surface area contributed by atoms with Crippen molar-refractivity contribution in [2.75, 3.05) is 12.3 Å². The van der Waals surface area contributed by atoms with E-state index in [1.54, 1.807) is 12.3 Å². The Morgan fingerprint density at radius 2 is 2.30 bits per heavy atom. The largest absolute Gasteiger partial charge is 0.410 e. The van der Waals surface area contributed by atoms with Crippen LogP contribution in [0.1, 0.15) is 5.56 Å². The predicted octanol–water partition coefficient (Wildman–Crippen LogP) is 0.380. The number of carbonyl (C=O) groups excluding carboxylic acids is 1. The molecule has 0 saturated carbocycles. The number of nitrogens with zero attached hydrogens (tertiary/aromatic N) is 1. The molecule has 1 amide bonds. The van der Waals surface area contributed by atoms with E-state index >= 15 is 0 Å². The van der Waals surface area contributed by atoms with Crippen molar-refractivity contribution in [3.05, 3.63) is 30.0 Å². The summed E-state index contributed by atoms with van der Waals surface area (Å²) in [5.74, 6) is 0.107. The highest BCUT2D eigenvalue weighted by Gasteiger charge is 2.15. The van der Waals surface area contributed by atoms with Crippen molar-refractivity contribution < 1.29 is 10.0 Å². The van der Waals surface area contributed by atoms with Crippen LogP contribution in [0.2, 0.25) is 0 Å². The standard InChI is InChI=1S/C13H14BN3O2S/c14-9-2-1-3-10-12(9)8(7-16-10)6-11(17-19)13(18)15-4-5-20/h1-3,7,16,19-20H,4-6H2,(H,15,18)/b17-11+. The number of oxime groups is 1. The van der Waals surface area contributed by atoms with E-state index in [1.165, 1.54) is 0 Å². The number of amides is 1. The van der Waals surface area contributed by atoms with Gasteiger partial charge in [-0.25, -0.2) is 0 Å². The molecule has 1 aromatic heterocycles. The van der Waals surface area contributed by atoms with Crippen LogP contribution in [0.5, 0.6) is 0 Å². The normalized spacial score (nSPS) is 11.8. The number of benzene rings is 1. The van der Waals surface area contributed by atoms with E-state index in [0.29, 0.717) is 17.8 Å². The number of hydrogen-bond donors (Lipinski definition) is 4. The number of aromatic amines is 1. The summed E-state index contributed by atoms with van der Waals surface area (Å²) in [6, 6.07) is 5.53. The van der Waals surface area contributed by atoms with Crippen molar-refractivity contribution in [2.45, 2.75) is 6.42 Å². The van der Waals surface area contributed by atoms with Crippen molar-refractivity contribution in [1.29, 1.82) is 0 Å². The lowest BCUT2D eigenvalue weighted by Crippen LogP contribution is -2.33. The molecular formula is C13H14BN3O2S. The van der Waals surface area contributed by atoms with Crippen molar-refractivity contribution in [3.63, 3.8) is 0 Å². The molecule has 7 heteroatoms. The SMILES string of the molecule is [B]c1cccc2[nH]cc(C/C(=N\O)C(=O)NCCS)c12. The van der Waals surface area contributed by atoms with Crippen LogP contribution in [0.25, 0.3) is 10.9 Å². The van der Waals surface area contributed by atoms with Gasteiger partial charge in [0.1, 0.15) is 13.6 Å². The number of fused-ring (bicyclic) bond motifs is 1. The minimum Gasteiger partial charge on any atom is -0.410 e. The van der Waals surface area contributed by atoms with Gasteiger partial charge in [0, 0.05) is 30.4 Å². The van der Waals surface area contributed by atoms with E-state index in [1.807, 2.05) is 12.1 Å². The summed E-state index contributed by atoms with van der Waals surface area (Å²) in [4.78, 5) is 14.9. The van der Waals surface area contributed by atoms with Crippen molar-refractivity contribution in [3.8, 4) is 0 Å². The highest BCUT2D eigenvalue weighted by atomic mass is 32.1. The highest BCUT2D eigenvalue weighted by Crippen LogP contribution is 2.16. The van der Waals surface area contributed by atoms with Gasteiger partial charge in [0.05, 0.1) is 0 Å². The van der Waals surface area contributed by atoms with Gasteiger partial charge in [0.2, 0.25) is 0 Å². The zero-order chi connectivity index (χ0) is 14.5. The zero-order valence-electron chi connectivity index (χ0n) is 10.8. The molecule has 0 aliphatic carbocycles. The van der Waals surface area contributed by atoms with Crippen LogP contribution in [-0.2, 0) is 11.2 Å². The highest BCUT2D eigenvalue weighted by molar-refractivity contribution is 7.80. The number of aromatic nitrogens is 1. The second kappa shape index (κ2) is 6.52. The maximum absolute atomic E-state index is 11.8. The van der Waals surface area contributed by atoms with E-state index in [-0.39, 0.29) is 12.1 Å². The summed E-state index contributed by atoms with van der Waals surface area (Å²) in [5.41, 5.74) is 2.35. The van der Waals surface area contributed by atoms with E-state index in [4.69, 9.17) is 13.1 Å². The summed E-state index contributed by atoms with van der Waals surface area (Å²) in [5, 5.41) is 15.5. The Kier molecular flexibility index (Phi) is 4.73. The van der Waals surface area contributed by atoms with Gasteiger partial charge in [0.15, 0.2) is 0 Å². The molecule has 0 aliphatic rings. The Morgan fingerprint density at radius 3 is 3.00 bits per heavy atom. The zero-order valence-corrected chi connectivity index (χ0v) is 11.7. The number of hydrogen-bond acceptors (Lipinski definition) is 4. The van der Waals surface area contributed by atoms with Crippen LogP contribution >= 0.6 is 12.6 Å². The van der Waals surface area contributed by atoms with Crippen molar-refractivity contribution >= 4 is 48.5 Å². The van der Waals surface area contributed by atoms with Crippen LogP contribution in [0, 0.1) is 0 Å². The van der Waals surface area contributed by atoms with Crippen LogP contribution in [0.15, 0.2) is 29.6 Å². The molecule has 0 bridgehead atoms. The molecule has 102 valence electrons. The average Bonchev–Trinajstić information content (AvgIpc) is 2.86. The fourth-order valence-electron chi connectivity index (χ4n) is 2.04. The lowest BCUT2D eigenvalue weighted by atomic mass is 9.89. The second-order valence-electron chi connectivity index (χ2n) is 4.29. The molecule has 5 nitrogen and oxygen atoms in total. The Hall–Kier alpha value is -1.89. The van der Waals surface area contributed by atoms with Gasteiger partial charge in [-0.1, -0.05) is 22.8 Å². The Morgan fingerprint density at radius 1 is 1.50 bits per heavy atom. The van der Waals surface area contributed by atoms with Gasteiger partial charge in [-0.2, -0.15) is 12.6 Å². The lowest BCUT2D eigenvalue weighted by Gasteiger charge is -2.06. The van der Waals surface area contributed by atoms with Crippen LogP contribution in [-0.4, -0.2) is 42.0 Å². The number of nitrogens with one attached hydrogen (secondary N) is 2. The van der Waals surface area contributed by atoms with Crippen molar-refractivity contribution in [1.82, 2.24) is 10.3 Å². The van der Waals surface area contributed by atoms with Gasteiger partial charge in [0.25, 0.3) is 5.91 Å². The Bertz CT molecular complexity index is 654. The summed E-state index contributed by atoms with van der Waals surface area (Å²) >= 11 is 4.01. The fourth-order valence-corrected chi connectivity index (χ4v) is 2.15. The lowest BCUT2D eigenvalue weighted by molar-refractivity contribution is -0.114. The van der Waals surface area contributed by atoms with Crippen LogP contribution < -0.4 is 10.8 Å². The number of carbonyl (C=O) groups is 1. The summed E-state index contributed by atoms with van der Waals surface area (Å²) in [7, 11) is 5.94. The second-order valence-corrected chi connectivity index (χ2v) is 4.73. The molecule has 2 aromatic rings. The Balaban J connectivity index is 2.25. The molecular weight excluding hydrogens is 273 g/mol. The fraction of sp³-hybridized carbons (Fsp3) is 0.231. The van der Waals surface area contributed by atoms with E-state index in [2.05, 4.69) is 28.1 Å². The first-order valence-corrected chi connectivity index (χ1v) is 6.75. The molecule has 0 aliphatic heterocycles. The van der Waals surface area contributed by atoms with Gasteiger partial charge < -0.3 is 15.5 Å². The van der Waals surface area contributed by atoms with Crippen molar-refractivity contribution in [2.24, 2.45) is 5.16 Å². The quantitative estimate of drug-likeness (QED) is 0.211.